The molecule has 8 heteroatoms. The van der Waals surface area contributed by atoms with Crippen LogP contribution in [0.25, 0.3) is 0 Å². The van der Waals surface area contributed by atoms with Gasteiger partial charge in [-0.3, -0.25) is 4.79 Å². The van der Waals surface area contributed by atoms with Crippen LogP contribution in [0.3, 0.4) is 0 Å². The van der Waals surface area contributed by atoms with Crippen LogP contribution in [0.5, 0.6) is 0 Å². The number of hydrogen-bond donors (Lipinski definition) is 1. The quantitative estimate of drug-likeness (QED) is 0.895. The zero-order valence-corrected chi connectivity index (χ0v) is 13.7. The van der Waals surface area contributed by atoms with Crippen molar-refractivity contribution in [1.29, 1.82) is 0 Å². The van der Waals surface area contributed by atoms with Crippen LogP contribution in [-0.2, 0) is 14.8 Å². The summed E-state index contributed by atoms with van der Waals surface area (Å²) in [7, 11) is -2.61. The molecule has 0 aliphatic carbocycles. The molecule has 0 spiro atoms. The summed E-state index contributed by atoms with van der Waals surface area (Å²) in [4.78, 5) is 11.9. The number of halogens is 2. The lowest BCUT2D eigenvalue weighted by molar-refractivity contribution is -0.116. The molecule has 0 heterocycles. The third kappa shape index (κ3) is 4.28. The van der Waals surface area contributed by atoms with Gasteiger partial charge in [-0.1, -0.05) is 23.7 Å². The minimum atomic E-state index is -3.88. The number of benzene rings is 2. The topological polar surface area (TPSA) is 66.5 Å². The fourth-order valence-electron chi connectivity index (χ4n) is 1.83. The van der Waals surface area contributed by atoms with E-state index < -0.39 is 28.3 Å². The number of nitrogens with one attached hydrogen (secondary N) is 1. The number of hydrogen-bond acceptors (Lipinski definition) is 3. The maximum absolute atomic E-state index is 12.9. The van der Waals surface area contributed by atoms with Gasteiger partial charge in [-0.25, -0.2) is 12.8 Å². The molecule has 0 aromatic heterocycles. The van der Waals surface area contributed by atoms with Crippen LogP contribution >= 0.6 is 11.6 Å². The van der Waals surface area contributed by atoms with Crippen LogP contribution in [0.15, 0.2) is 53.4 Å². The fraction of sp³-hybridized carbons (Fsp3) is 0.133. The molecule has 2 rings (SSSR count). The molecule has 0 saturated carbocycles. The van der Waals surface area contributed by atoms with E-state index in [0.29, 0.717) is 10.7 Å². The van der Waals surface area contributed by atoms with Gasteiger partial charge in [0.15, 0.2) is 0 Å². The number of sulfonamides is 1. The highest BCUT2D eigenvalue weighted by atomic mass is 35.5. The fourth-order valence-corrected chi connectivity index (χ4v) is 3.14. The Kier molecular flexibility index (Phi) is 5.35. The van der Waals surface area contributed by atoms with Crippen molar-refractivity contribution in [3.05, 3.63) is 59.4 Å². The minimum Gasteiger partial charge on any atom is -0.324 e. The van der Waals surface area contributed by atoms with Crippen LogP contribution in [0.1, 0.15) is 0 Å². The largest absolute Gasteiger partial charge is 0.324 e. The average Bonchev–Trinajstić information content (AvgIpc) is 2.50. The van der Waals surface area contributed by atoms with Crippen molar-refractivity contribution in [2.75, 3.05) is 18.9 Å². The molecule has 2 aromatic rings. The van der Waals surface area contributed by atoms with Gasteiger partial charge < -0.3 is 5.32 Å². The summed E-state index contributed by atoms with van der Waals surface area (Å²) in [6.45, 7) is -0.398. The predicted octanol–water partition coefficient (Wildman–Crippen LogP) is 2.74. The summed E-state index contributed by atoms with van der Waals surface area (Å²) < 4.78 is 38.4. The van der Waals surface area contributed by atoms with Gasteiger partial charge >= 0.3 is 0 Å². The van der Waals surface area contributed by atoms with Crippen LogP contribution in [0.4, 0.5) is 10.1 Å². The molecule has 2 aromatic carbocycles. The smallest absolute Gasteiger partial charge is 0.243 e. The van der Waals surface area contributed by atoms with E-state index in [1.165, 1.54) is 7.05 Å². The third-order valence-corrected chi connectivity index (χ3v) is 5.18. The van der Waals surface area contributed by atoms with Gasteiger partial charge in [0.2, 0.25) is 15.9 Å². The summed E-state index contributed by atoms with van der Waals surface area (Å²) in [6, 6.07) is 11.0. The van der Waals surface area contributed by atoms with Crippen molar-refractivity contribution in [1.82, 2.24) is 4.31 Å². The third-order valence-electron chi connectivity index (χ3n) is 3.04. The van der Waals surface area contributed by atoms with Gasteiger partial charge in [-0.2, -0.15) is 4.31 Å². The van der Waals surface area contributed by atoms with E-state index in [4.69, 9.17) is 11.6 Å². The molecular weight excluding hydrogens is 343 g/mol. The second kappa shape index (κ2) is 7.08. The Bertz CT molecular complexity index is 810. The van der Waals surface area contributed by atoms with Crippen LogP contribution < -0.4 is 5.32 Å². The van der Waals surface area contributed by atoms with Crippen LogP contribution in [-0.4, -0.2) is 32.2 Å². The first-order valence-electron chi connectivity index (χ1n) is 6.57. The minimum absolute atomic E-state index is 0.0908. The van der Waals surface area contributed by atoms with Gasteiger partial charge in [-0.05, 0) is 36.4 Å². The number of likely N-dealkylation sites (N-methyl/N-ethyl adjacent to an activating group) is 1. The molecule has 0 radical (unpaired) electrons. The Balaban J connectivity index is 2.08. The van der Waals surface area contributed by atoms with E-state index in [2.05, 4.69) is 5.32 Å². The number of carbonyl (C=O) groups excluding carboxylic acids is 1. The number of anilines is 1. The first-order valence-corrected chi connectivity index (χ1v) is 8.39. The first-order chi connectivity index (χ1) is 10.8. The highest BCUT2D eigenvalue weighted by Gasteiger charge is 2.23. The molecule has 0 bridgehead atoms. The van der Waals surface area contributed by atoms with Crippen molar-refractivity contribution in [3.8, 4) is 0 Å². The summed E-state index contributed by atoms with van der Waals surface area (Å²) in [5, 5.41) is 2.89. The second-order valence-electron chi connectivity index (χ2n) is 4.74. The Labute approximate surface area is 138 Å². The molecule has 1 amide bonds. The molecule has 23 heavy (non-hydrogen) atoms. The first kappa shape index (κ1) is 17.4. The molecule has 0 unspecified atom stereocenters. The summed E-state index contributed by atoms with van der Waals surface area (Å²) in [5.74, 6) is -1.07. The molecule has 0 aliphatic heterocycles. The SMILES string of the molecule is CN(CC(=O)Nc1ccccc1Cl)S(=O)(=O)c1ccc(F)cc1. The van der Waals surface area contributed by atoms with Gasteiger partial charge in [0.1, 0.15) is 5.82 Å². The average molecular weight is 357 g/mol. The molecule has 5 nitrogen and oxygen atoms in total. The maximum atomic E-state index is 12.9. The second-order valence-corrected chi connectivity index (χ2v) is 7.20. The molecule has 122 valence electrons. The Morgan fingerprint density at radius 3 is 2.39 bits per heavy atom. The number of carbonyl (C=O) groups is 1. The van der Waals surface area contributed by atoms with Crippen molar-refractivity contribution in [2.24, 2.45) is 0 Å². The van der Waals surface area contributed by atoms with Crippen molar-refractivity contribution >= 4 is 33.2 Å². The van der Waals surface area contributed by atoms with Gasteiger partial charge in [0.05, 0.1) is 22.2 Å². The monoisotopic (exact) mass is 356 g/mol. The lowest BCUT2D eigenvalue weighted by Gasteiger charge is -2.17. The van der Waals surface area contributed by atoms with Gasteiger partial charge in [0.25, 0.3) is 0 Å². The highest BCUT2D eigenvalue weighted by molar-refractivity contribution is 7.89. The Hall–Kier alpha value is -1.96. The maximum Gasteiger partial charge on any atom is 0.243 e. The van der Waals surface area contributed by atoms with E-state index in [1.54, 1.807) is 24.3 Å². The van der Waals surface area contributed by atoms with Gasteiger partial charge in [-0.15, -0.1) is 0 Å². The lowest BCUT2D eigenvalue weighted by atomic mass is 10.3. The highest BCUT2D eigenvalue weighted by Crippen LogP contribution is 2.20. The van der Waals surface area contributed by atoms with Crippen molar-refractivity contribution < 1.29 is 17.6 Å². The molecule has 0 saturated heterocycles. The van der Waals surface area contributed by atoms with Crippen molar-refractivity contribution in [2.45, 2.75) is 4.90 Å². The van der Waals surface area contributed by atoms with E-state index in [0.717, 1.165) is 28.6 Å². The zero-order valence-electron chi connectivity index (χ0n) is 12.2. The summed E-state index contributed by atoms with van der Waals surface area (Å²) in [5.41, 5.74) is 0.395. The van der Waals surface area contributed by atoms with E-state index in [9.17, 15) is 17.6 Å². The summed E-state index contributed by atoms with van der Waals surface area (Å²) in [6.07, 6.45) is 0. The number of amides is 1. The van der Waals surface area contributed by atoms with Crippen molar-refractivity contribution in [3.63, 3.8) is 0 Å². The summed E-state index contributed by atoms with van der Waals surface area (Å²) >= 11 is 5.92. The number of nitrogens with zero attached hydrogens (tertiary/aromatic N) is 1. The number of para-hydroxylation sites is 1. The molecular formula is C15H14ClFN2O3S. The molecule has 0 aliphatic rings. The Morgan fingerprint density at radius 2 is 1.78 bits per heavy atom. The van der Waals surface area contributed by atoms with E-state index in [1.807, 2.05) is 0 Å². The standard InChI is InChI=1S/C15H14ClFN2O3S/c1-19(23(21,22)12-8-6-11(17)7-9-12)10-15(20)18-14-5-3-2-4-13(14)16/h2-9H,10H2,1H3,(H,18,20). The molecule has 0 fully saturated rings. The normalized spacial score (nSPS) is 11.5. The van der Waals surface area contributed by atoms with E-state index in [-0.39, 0.29) is 4.90 Å². The zero-order chi connectivity index (χ0) is 17.0. The van der Waals surface area contributed by atoms with Crippen LogP contribution in [0, 0.1) is 5.82 Å². The van der Waals surface area contributed by atoms with Crippen LogP contribution in [0.2, 0.25) is 5.02 Å². The van der Waals surface area contributed by atoms with Gasteiger partial charge in [0, 0.05) is 7.05 Å². The Morgan fingerprint density at radius 1 is 1.17 bits per heavy atom. The predicted molar refractivity (Wildman–Crippen MR) is 86.3 cm³/mol. The molecule has 1 N–H and O–H groups in total. The number of rotatable bonds is 5. The van der Waals surface area contributed by atoms with E-state index >= 15 is 0 Å². The lowest BCUT2D eigenvalue weighted by Crippen LogP contribution is -2.35. The molecule has 0 atom stereocenters.